The number of halogens is 1. The van der Waals surface area contributed by atoms with E-state index in [2.05, 4.69) is 10.6 Å². The first-order valence-electron chi connectivity index (χ1n) is 7.10. The zero-order valence-corrected chi connectivity index (χ0v) is 12.9. The molecule has 1 aliphatic heterocycles. The zero-order valence-electron chi connectivity index (χ0n) is 12.0. The summed E-state index contributed by atoms with van der Waals surface area (Å²) in [6.45, 7) is 2.84. The van der Waals surface area contributed by atoms with Gasteiger partial charge in [0, 0.05) is 12.6 Å². The van der Waals surface area contributed by atoms with Gasteiger partial charge in [-0.3, -0.25) is 4.79 Å². The third kappa shape index (κ3) is 7.32. The van der Waals surface area contributed by atoms with Gasteiger partial charge in [-0.25, -0.2) is 0 Å². The summed E-state index contributed by atoms with van der Waals surface area (Å²) in [4.78, 5) is 11.6. The molecule has 0 aliphatic carbocycles. The van der Waals surface area contributed by atoms with E-state index in [1.807, 2.05) is 30.3 Å². The lowest BCUT2D eigenvalue weighted by molar-refractivity contribution is -0.126. The van der Waals surface area contributed by atoms with Crippen molar-refractivity contribution >= 4 is 18.3 Å². The summed E-state index contributed by atoms with van der Waals surface area (Å²) in [5.74, 6) is 0.757. The minimum atomic E-state index is -0.0570. The van der Waals surface area contributed by atoms with Crippen LogP contribution in [-0.4, -0.2) is 44.9 Å². The van der Waals surface area contributed by atoms with E-state index in [0.717, 1.165) is 31.7 Å². The van der Waals surface area contributed by atoms with E-state index < -0.39 is 0 Å². The molecule has 1 fully saturated rings. The largest absolute Gasteiger partial charge is 0.491 e. The Morgan fingerprint density at radius 3 is 2.81 bits per heavy atom. The van der Waals surface area contributed by atoms with Gasteiger partial charge >= 0.3 is 0 Å². The molecule has 1 aromatic carbocycles. The lowest BCUT2D eigenvalue weighted by atomic mass is 10.1. The Kier molecular flexibility index (Phi) is 8.82. The van der Waals surface area contributed by atoms with Crippen LogP contribution in [0, 0.1) is 0 Å². The molecule has 2 N–H and O–H groups in total. The zero-order chi connectivity index (χ0) is 14.0. The van der Waals surface area contributed by atoms with E-state index >= 15 is 0 Å². The van der Waals surface area contributed by atoms with Gasteiger partial charge in [-0.1, -0.05) is 18.2 Å². The van der Waals surface area contributed by atoms with Crippen molar-refractivity contribution in [1.82, 2.24) is 10.6 Å². The molecule has 0 bridgehead atoms. The number of hydrogen-bond acceptors (Lipinski definition) is 4. The summed E-state index contributed by atoms with van der Waals surface area (Å²) < 4.78 is 10.8. The highest BCUT2D eigenvalue weighted by molar-refractivity contribution is 5.85. The Morgan fingerprint density at radius 2 is 2.10 bits per heavy atom. The van der Waals surface area contributed by atoms with Crippen LogP contribution in [0.3, 0.4) is 0 Å². The van der Waals surface area contributed by atoms with Gasteiger partial charge in [-0.05, 0) is 31.5 Å². The monoisotopic (exact) mass is 314 g/mol. The second-order valence-electron chi connectivity index (χ2n) is 4.82. The SMILES string of the molecule is Cl.O=C(COCCOc1ccccc1)N[C@H]1CCCNC1. The molecule has 0 unspecified atom stereocenters. The van der Waals surface area contributed by atoms with Crippen LogP contribution in [-0.2, 0) is 9.53 Å². The maximum atomic E-state index is 11.6. The average Bonchev–Trinajstić information content (AvgIpc) is 2.49. The molecular formula is C15H23ClN2O3. The number of ether oxygens (including phenoxy) is 2. The Labute approximate surface area is 131 Å². The van der Waals surface area contributed by atoms with Crippen molar-refractivity contribution < 1.29 is 14.3 Å². The first-order valence-corrected chi connectivity index (χ1v) is 7.10. The van der Waals surface area contributed by atoms with Crippen molar-refractivity contribution in [3.8, 4) is 5.75 Å². The van der Waals surface area contributed by atoms with Crippen molar-refractivity contribution in [2.24, 2.45) is 0 Å². The van der Waals surface area contributed by atoms with Gasteiger partial charge in [0.2, 0.25) is 5.91 Å². The van der Waals surface area contributed by atoms with E-state index in [1.54, 1.807) is 0 Å². The number of benzene rings is 1. The van der Waals surface area contributed by atoms with E-state index in [-0.39, 0.29) is 31.0 Å². The molecule has 5 nitrogen and oxygen atoms in total. The molecule has 0 saturated carbocycles. The van der Waals surface area contributed by atoms with Gasteiger partial charge in [0.15, 0.2) is 0 Å². The van der Waals surface area contributed by atoms with E-state index in [0.29, 0.717) is 13.2 Å². The van der Waals surface area contributed by atoms with Gasteiger partial charge in [0.05, 0.1) is 6.61 Å². The summed E-state index contributed by atoms with van der Waals surface area (Å²) in [6, 6.07) is 9.80. The highest BCUT2D eigenvalue weighted by atomic mass is 35.5. The Hall–Kier alpha value is -1.30. The molecule has 6 heteroatoms. The fraction of sp³-hybridized carbons (Fsp3) is 0.533. The lowest BCUT2D eigenvalue weighted by Crippen LogP contribution is -2.46. The van der Waals surface area contributed by atoms with Crippen LogP contribution in [0.25, 0.3) is 0 Å². The number of piperidine rings is 1. The van der Waals surface area contributed by atoms with Crippen molar-refractivity contribution in [1.29, 1.82) is 0 Å². The molecule has 0 spiro atoms. The van der Waals surface area contributed by atoms with Crippen LogP contribution < -0.4 is 15.4 Å². The number of hydrogen-bond donors (Lipinski definition) is 2. The van der Waals surface area contributed by atoms with Crippen LogP contribution in [0.4, 0.5) is 0 Å². The summed E-state index contributed by atoms with van der Waals surface area (Å²) in [5, 5.41) is 6.22. The molecule has 0 aromatic heterocycles. The van der Waals surface area contributed by atoms with Crippen molar-refractivity contribution in [2.75, 3.05) is 32.9 Å². The fourth-order valence-corrected chi connectivity index (χ4v) is 2.14. The lowest BCUT2D eigenvalue weighted by Gasteiger charge is -2.23. The van der Waals surface area contributed by atoms with Crippen LogP contribution in [0.15, 0.2) is 30.3 Å². The van der Waals surface area contributed by atoms with Gasteiger partial charge in [-0.15, -0.1) is 12.4 Å². The third-order valence-corrected chi connectivity index (χ3v) is 3.13. The Morgan fingerprint density at radius 1 is 1.29 bits per heavy atom. The van der Waals surface area contributed by atoms with Gasteiger partial charge in [0.25, 0.3) is 0 Å². The quantitative estimate of drug-likeness (QED) is 0.746. The normalized spacial score (nSPS) is 17.6. The Bertz CT molecular complexity index is 397. The molecule has 1 saturated heterocycles. The molecule has 1 aromatic rings. The number of para-hydroxylation sites is 1. The molecule has 1 aliphatic rings. The minimum Gasteiger partial charge on any atom is -0.491 e. The fourth-order valence-electron chi connectivity index (χ4n) is 2.14. The summed E-state index contributed by atoms with van der Waals surface area (Å²) in [7, 11) is 0. The number of carbonyl (C=O) groups excluding carboxylic acids is 1. The van der Waals surface area contributed by atoms with Gasteiger partial charge in [-0.2, -0.15) is 0 Å². The second kappa shape index (κ2) is 10.4. The summed E-state index contributed by atoms with van der Waals surface area (Å²) >= 11 is 0. The van der Waals surface area contributed by atoms with Crippen molar-refractivity contribution in [3.05, 3.63) is 30.3 Å². The average molecular weight is 315 g/mol. The first kappa shape index (κ1) is 17.8. The minimum absolute atomic E-state index is 0. The topological polar surface area (TPSA) is 59.6 Å². The molecule has 0 radical (unpaired) electrons. The predicted molar refractivity (Wildman–Crippen MR) is 84.0 cm³/mol. The number of carbonyl (C=O) groups is 1. The van der Waals surface area contributed by atoms with Crippen LogP contribution in [0.5, 0.6) is 5.75 Å². The molecule has 1 atom stereocenters. The molecule has 21 heavy (non-hydrogen) atoms. The first-order chi connectivity index (χ1) is 9.84. The smallest absolute Gasteiger partial charge is 0.246 e. The number of nitrogens with one attached hydrogen (secondary N) is 2. The molecule has 1 amide bonds. The van der Waals surface area contributed by atoms with E-state index in [4.69, 9.17) is 9.47 Å². The molecular weight excluding hydrogens is 292 g/mol. The highest BCUT2D eigenvalue weighted by Crippen LogP contribution is 2.07. The van der Waals surface area contributed by atoms with Crippen LogP contribution in [0.2, 0.25) is 0 Å². The maximum Gasteiger partial charge on any atom is 0.246 e. The van der Waals surface area contributed by atoms with Crippen LogP contribution >= 0.6 is 12.4 Å². The van der Waals surface area contributed by atoms with Gasteiger partial charge < -0.3 is 20.1 Å². The third-order valence-electron chi connectivity index (χ3n) is 3.13. The van der Waals surface area contributed by atoms with Crippen molar-refractivity contribution in [3.63, 3.8) is 0 Å². The molecule has 118 valence electrons. The second-order valence-corrected chi connectivity index (χ2v) is 4.82. The molecule has 1 heterocycles. The van der Waals surface area contributed by atoms with E-state index in [9.17, 15) is 4.79 Å². The maximum absolute atomic E-state index is 11.6. The van der Waals surface area contributed by atoms with Crippen LogP contribution in [0.1, 0.15) is 12.8 Å². The summed E-state index contributed by atoms with van der Waals surface area (Å²) in [6.07, 6.45) is 2.15. The van der Waals surface area contributed by atoms with Crippen molar-refractivity contribution in [2.45, 2.75) is 18.9 Å². The number of amides is 1. The predicted octanol–water partition coefficient (Wildman–Crippen LogP) is 1.37. The van der Waals surface area contributed by atoms with E-state index in [1.165, 1.54) is 0 Å². The van der Waals surface area contributed by atoms with Gasteiger partial charge in [0.1, 0.15) is 19.0 Å². The highest BCUT2D eigenvalue weighted by Gasteiger charge is 2.14. The standard InChI is InChI=1S/C15H22N2O3.ClH/c18-15(17-13-5-4-8-16-11-13)12-19-9-10-20-14-6-2-1-3-7-14;/h1-3,6-7,13,16H,4-5,8-12H2,(H,17,18);1H/t13-;/m0./s1. The number of rotatable bonds is 7. The summed E-state index contributed by atoms with van der Waals surface area (Å²) in [5.41, 5.74) is 0. The Balaban J connectivity index is 0.00000220. The molecule has 2 rings (SSSR count).